The van der Waals surface area contributed by atoms with Gasteiger partial charge in [-0.15, -0.1) is 11.6 Å². The van der Waals surface area contributed by atoms with Gasteiger partial charge in [0.1, 0.15) is 6.10 Å². The van der Waals surface area contributed by atoms with Crippen molar-refractivity contribution in [1.82, 2.24) is 4.90 Å². The van der Waals surface area contributed by atoms with E-state index >= 15 is 0 Å². The van der Waals surface area contributed by atoms with Gasteiger partial charge in [0.15, 0.2) is 0 Å². The minimum absolute atomic E-state index is 0.0156. The number of nitrogens with zero attached hydrogens (tertiary/aromatic N) is 1. The van der Waals surface area contributed by atoms with Crippen molar-refractivity contribution in [3.63, 3.8) is 0 Å². The molecular formula is C42H82ClNO4. The van der Waals surface area contributed by atoms with Crippen molar-refractivity contribution >= 4 is 23.5 Å². The van der Waals surface area contributed by atoms with Crippen LogP contribution in [0.4, 0.5) is 0 Å². The van der Waals surface area contributed by atoms with Gasteiger partial charge < -0.3 is 14.4 Å². The molecule has 1 unspecified atom stereocenters. The van der Waals surface area contributed by atoms with E-state index in [1.807, 2.05) is 0 Å². The second kappa shape index (κ2) is 39.0. The van der Waals surface area contributed by atoms with Crippen LogP contribution in [0.5, 0.6) is 0 Å². The van der Waals surface area contributed by atoms with Crippen molar-refractivity contribution in [3.8, 4) is 0 Å². The topological polar surface area (TPSA) is 55.8 Å². The first kappa shape index (κ1) is 47.2. The Balaban J connectivity index is 3.90. The molecule has 1 atom stereocenters. The molecule has 5 nitrogen and oxygen atoms in total. The normalized spacial score (nSPS) is 12.1. The van der Waals surface area contributed by atoms with E-state index in [1.165, 1.54) is 135 Å². The number of halogens is 1. The largest absolute Gasteiger partial charge is 0.466 e. The molecule has 0 spiro atoms. The molecule has 48 heavy (non-hydrogen) atoms. The third-order valence-electron chi connectivity index (χ3n) is 9.68. The van der Waals surface area contributed by atoms with E-state index in [-0.39, 0.29) is 18.0 Å². The third kappa shape index (κ3) is 35.0. The van der Waals surface area contributed by atoms with Crippen LogP contribution >= 0.6 is 11.6 Å². The summed E-state index contributed by atoms with van der Waals surface area (Å²) in [4.78, 5) is 27.1. The van der Waals surface area contributed by atoms with Crippen LogP contribution in [0.3, 0.4) is 0 Å². The minimum atomic E-state index is -0.0316. The molecule has 0 aliphatic heterocycles. The quantitative estimate of drug-likeness (QED) is 0.0363. The summed E-state index contributed by atoms with van der Waals surface area (Å²) in [6.45, 7) is 10.4. The lowest BCUT2D eigenvalue weighted by atomic mass is 10.0. The number of ether oxygens (including phenoxy) is 2. The van der Waals surface area contributed by atoms with Crippen LogP contribution in [0.1, 0.15) is 220 Å². The Labute approximate surface area is 304 Å². The van der Waals surface area contributed by atoms with E-state index in [4.69, 9.17) is 21.1 Å². The second-order valence-corrected chi connectivity index (χ2v) is 14.8. The molecule has 0 radical (unpaired) electrons. The van der Waals surface area contributed by atoms with Gasteiger partial charge in [0, 0.05) is 25.3 Å². The van der Waals surface area contributed by atoms with Gasteiger partial charge >= 0.3 is 11.9 Å². The van der Waals surface area contributed by atoms with E-state index in [9.17, 15) is 9.59 Å². The second-order valence-electron chi connectivity index (χ2n) is 14.4. The van der Waals surface area contributed by atoms with Crippen LogP contribution in [-0.2, 0) is 19.1 Å². The average molecular weight is 701 g/mol. The van der Waals surface area contributed by atoms with Crippen LogP contribution in [0, 0.1) is 0 Å². The smallest absolute Gasteiger partial charge is 0.306 e. The molecule has 0 fully saturated rings. The number of hydrogen-bond acceptors (Lipinski definition) is 5. The molecule has 0 heterocycles. The van der Waals surface area contributed by atoms with Crippen LogP contribution in [-0.4, -0.2) is 55.1 Å². The number of carbonyl (C=O) groups excluding carboxylic acids is 2. The number of alkyl halides is 1. The van der Waals surface area contributed by atoms with Crippen molar-refractivity contribution in [2.24, 2.45) is 0 Å². The fourth-order valence-electron chi connectivity index (χ4n) is 6.50. The van der Waals surface area contributed by atoms with Gasteiger partial charge in [0.05, 0.1) is 6.61 Å². The van der Waals surface area contributed by atoms with Crippen molar-refractivity contribution in [1.29, 1.82) is 0 Å². The lowest BCUT2D eigenvalue weighted by Gasteiger charge is -2.21. The summed E-state index contributed by atoms with van der Waals surface area (Å²) in [5.41, 5.74) is 0. The molecule has 0 aliphatic carbocycles. The van der Waals surface area contributed by atoms with Gasteiger partial charge in [-0.3, -0.25) is 9.59 Å². The fraction of sp³-hybridized carbons (Fsp3) is 0.952. The van der Waals surface area contributed by atoms with E-state index < -0.39 is 0 Å². The summed E-state index contributed by atoms with van der Waals surface area (Å²) < 4.78 is 11.4. The zero-order valence-electron chi connectivity index (χ0n) is 32.5. The van der Waals surface area contributed by atoms with E-state index in [1.54, 1.807) is 0 Å². The fourth-order valence-corrected chi connectivity index (χ4v) is 6.74. The molecule has 0 aliphatic rings. The van der Waals surface area contributed by atoms with Gasteiger partial charge in [-0.25, -0.2) is 0 Å². The van der Waals surface area contributed by atoms with Crippen LogP contribution < -0.4 is 0 Å². The Kier molecular flexibility index (Phi) is 38.3. The van der Waals surface area contributed by atoms with E-state index in [0.717, 1.165) is 71.0 Å². The molecule has 6 heteroatoms. The van der Waals surface area contributed by atoms with Crippen molar-refractivity contribution in [2.75, 3.05) is 32.1 Å². The van der Waals surface area contributed by atoms with Crippen molar-refractivity contribution in [2.45, 2.75) is 226 Å². The zero-order chi connectivity index (χ0) is 35.2. The Bertz CT molecular complexity index is 676. The predicted octanol–water partition coefficient (Wildman–Crippen LogP) is 13.1. The number of hydrogen-bond donors (Lipinski definition) is 0. The van der Waals surface area contributed by atoms with Gasteiger partial charge in [-0.2, -0.15) is 0 Å². The summed E-state index contributed by atoms with van der Waals surface area (Å²) in [6.07, 6.45) is 36.1. The first-order chi connectivity index (χ1) is 23.6. The molecule has 0 saturated carbocycles. The lowest BCUT2D eigenvalue weighted by Crippen LogP contribution is -2.28. The molecule has 0 rings (SSSR count). The summed E-state index contributed by atoms with van der Waals surface area (Å²) in [5.74, 6) is 0.642. The average Bonchev–Trinajstić information content (AvgIpc) is 3.08. The predicted molar refractivity (Wildman–Crippen MR) is 208 cm³/mol. The zero-order valence-corrected chi connectivity index (χ0v) is 33.2. The molecule has 286 valence electrons. The van der Waals surface area contributed by atoms with Gasteiger partial charge in [0.25, 0.3) is 0 Å². The van der Waals surface area contributed by atoms with Crippen LogP contribution in [0.25, 0.3) is 0 Å². The Morgan fingerprint density at radius 1 is 0.479 bits per heavy atom. The molecule has 0 bridgehead atoms. The highest BCUT2D eigenvalue weighted by molar-refractivity contribution is 6.18. The maximum atomic E-state index is 12.6. The number of rotatable bonds is 39. The first-order valence-corrected chi connectivity index (χ1v) is 21.7. The molecule has 0 aromatic heterocycles. The monoisotopic (exact) mass is 700 g/mol. The highest BCUT2D eigenvalue weighted by Gasteiger charge is 2.14. The van der Waals surface area contributed by atoms with Crippen LogP contribution in [0.2, 0.25) is 0 Å². The van der Waals surface area contributed by atoms with Crippen molar-refractivity contribution < 1.29 is 19.1 Å². The Morgan fingerprint density at radius 2 is 0.875 bits per heavy atom. The van der Waals surface area contributed by atoms with Crippen molar-refractivity contribution in [3.05, 3.63) is 0 Å². The standard InChI is InChI=1S/C42H82ClNO4/c1-4-7-10-13-15-16-17-22-30-39-47-41(45)33-27-23-29-37-44(38-35-43)36-28-21-18-20-26-34-42(46)48-40(31-24-12-9-6-3)32-25-19-14-11-8-5-2/h40H,4-39H2,1-3H3. The minimum Gasteiger partial charge on any atom is -0.466 e. The summed E-state index contributed by atoms with van der Waals surface area (Å²) in [6, 6.07) is 0. The molecule has 0 saturated heterocycles. The number of esters is 2. The van der Waals surface area contributed by atoms with Gasteiger partial charge in [-0.1, -0.05) is 149 Å². The maximum Gasteiger partial charge on any atom is 0.306 e. The first-order valence-electron chi connectivity index (χ1n) is 21.2. The molecule has 0 aromatic rings. The lowest BCUT2D eigenvalue weighted by molar-refractivity contribution is -0.150. The van der Waals surface area contributed by atoms with Gasteiger partial charge in [-0.05, 0) is 70.9 Å². The van der Waals surface area contributed by atoms with Gasteiger partial charge in [0.2, 0.25) is 0 Å². The van der Waals surface area contributed by atoms with E-state index in [0.29, 0.717) is 25.3 Å². The third-order valence-corrected chi connectivity index (χ3v) is 9.85. The SMILES string of the molecule is CCCCCCCCCCCOC(=O)CCCCCN(CCCl)CCCCCCCC(=O)OC(CCCCCC)CCCCCCCC. The maximum absolute atomic E-state index is 12.6. The summed E-state index contributed by atoms with van der Waals surface area (Å²) in [5, 5.41) is 0. The Morgan fingerprint density at radius 3 is 1.40 bits per heavy atom. The van der Waals surface area contributed by atoms with E-state index in [2.05, 4.69) is 25.7 Å². The number of unbranched alkanes of at least 4 members (excludes halogenated alkanes) is 22. The summed E-state index contributed by atoms with van der Waals surface area (Å²) >= 11 is 6.09. The highest BCUT2D eigenvalue weighted by atomic mass is 35.5. The molecule has 0 amide bonds. The number of carbonyl (C=O) groups is 2. The molecular weight excluding hydrogens is 618 g/mol. The molecule has 0 N–H and O–H groups in total. The Hall–Kier alpha value is -0.810. The highest BCUT2D eigenvalue weighted by Crippen LogP contribution is 2.18. The van der Waals surface area contributed by atoms with Crippen LogP contribution in [0.15, 0.2) is 0 Å². The summed E-state index contributed by atoms with van der Waals surface area (Å²) in [7, 11) is 0. The molecule has 0 aromatic carbocycles.